The number of nitrogens with one attached hydrogen (secondary N) is 1. The van der Waals surface area contributed by atoms with Gasteiger partial charge in [-0.05, 0) is 54.8 Å². The Bertz CT molecular complexity index is 847. The number of hydrogen-bond acceptors (Lipinski definition) is 4. The van der Waals surface area contributed by atoms with Gasteiger partial charge < -0.3 is 10.6 Å². The van der Waals surface area contributed by atoms with Gasteiger partial charge in [0.2, 0.25) is 5.91 Å². The SMILES string of the molecule is Cl.Cl.NC(=O)NC(=O)CN1CCN(CCCCC(c2ccc(F)cc2)c2ccc(F)cc2)CC1. The maximum Gasteiger partial charge on any atom is 0.318 e. The van der Waals surface area contributed by atoms with Crippen molar-refractivity contribution in [3.8, 4) is 0 Å². The molecule has 1 fully saturated rings. The van der Waals surface area contributed by atoms with Crippen LogP contribution in [-0.2, 0) is 4.79 Å². The molecule has 0 radical (unpaired) electrons. The van der Waals surface area contributed by atoms with Crippen molar-refractivity contribution in [2.24, 2.45) is 5.73 Å². The molecule has 3 N–H and O–H groups in total. The first-order valence-electron chi connectivity index (χ1n) is 11.0. The summed E-state index contributed by atoms with van der Waals surface area (Å²) in [6.45, 7) is 4.39. The van der Waals surface area contributed by atoms with Gasteiger partial charge in [-0.3, -0.25) is 15.0 Å². The molecule has 0 spiro atoms. The quantitative estimate of drug-likeness (QED) is 0.495. The Morgan fingerprint density at radius 3 is 1.76 bits per heavy atom. The highest BCUT2D eigenvalue weighted by molar-refractivity contribution is 5.94. The lowest BCUT2D eigenvalue weighted by atomic mass is 9.87. The molecule has 0 atom stereocenters. The topological polar surface area (TPSA) is 78.7 Å². The number of carbonyl (C=O) groups is 2. The largest absolute Gasteiger partial charge is 0.351 e. The Morgan fingerprint density at radius 2 is 1.29 bits per heavy atom. The first-order chi connectivity index (χ1) is 15.4. The maximum atomic E-state index is 13.4. The number of primary amides is 1. The molecule has 188 valence electrons. The molecular weight excluding hydrogens is 485 g/mol. The molecule has 0 aliphatic carbocycles. The second-order valence-corrected chi connectivity index (χ2v) is 8.18. The number of nitrogens with zero attached hydrogens (tertiary/aromatic N) is 2. The maximum absolute atomic E-state index is 13.4. The zero-order valence-corrected chi connectivity index (χ0v) is 20.6. The molecule has 1 aliphatic heterocycles. The summed E-state index contributed by atoms with van der Waals surface area (Å²) >= 11 is 0. The Morgan fingerprint density at radius 1 is 0.824 bits per heavy atom. The highest BCUT2D eigenvalue weighted by Gasteiger charge is 2.20. The zero-order valence-electron chi connectivity index (χ0n) is 18.9. The number of piperazine rings is 1. The molecule has 2 aromatic carbocycles. The Balaban J connectivity index is 0.00000289. The number of halogens is 4. The smallest absolute Gasteiger partial charge is 0.318 e. The second kappa shape index (κ2) is 14.9. The number of carbonyl (C=O) groups excluding carboxylic acids is 2. The van der Waals surface area contributed by atoms with E-state index in [1.807, 2.05) is 4.90 Å². The molecule has 3 amide bonds. The minimum atomic E-state index is -0.826. The molecule has 10 heteroatoms. The Labute approximate surface area is 211 Å². The number of hydrogen-bond donors (Lipinski definition) is 2. The predicted molar refractivity (Wildman–Crippen MR) is 134 cm³/mol. The number of amides is 3. The van der Waals surface area contributed by atoms with Crippen molar-refractivity contribution >= 4 is 36.8 Å². The van der Waals surface area contributed by atoms with Gasteiger partial charge in [0.05, 0.1) is 6.54 Å². The van der Waals surface area contributed by atoms with E-state index in [1.54, 1.807) is 24.3 Å². The summed E-state index contributed by atoms with van der Waals surface area (Å²) in [5.41, 5.74) is 7.02. The van der Waals surface area contributed by atoms with Gasteiger partial charge in [-0.25, -0.2) is 13.6 Å². The van der Waals surface area contributed by atoms with Crippen molar-refractivity contribution in [3.63, 3.8) is 0 Å². The van der Waals surface area contributed by atoms with Crippen LogP contribution >= 0.6 is 24.8 Å². The van der Waals surface area contributed by atoms with Crippen LogP contribution in [0.15, 0.2) is 48.5 Å². The minimum Gasteiger partial charge on any atom is -0.351 e. The molecule has 1 aliphatic rings. The summed E-state index contributed by atoms with van der Waals surface area (Å²) in [5.74, 6) is -0.814. The summed E-state index contributed by atoms with van der Waals surface area (Å²) in [6, 6.07) is 12.3. The molecule has 0 bridgehead atoms. The summed E-state index contributed by atoms with van der Waals surface area (Å²) in [4.78, 5) is 26.8. The number of unbranched alkanes of at least 4 members (excludes halogenated alkanes) is 1. The van der Waals surface area contributed by atoms with E-state index in [1.165, 1.54) is 24.3 Å². The summed E-state index contributed by atoms with van der Waals surface area (Å²) in [6.07, 6.45) is 2.90. The van der Waals surface area contributed by atoms with Crippen LogP contribution in [0.5, 0.6) is 0 Å². The number of nitrogens with two attached hydrogens (primary N) is 1. The van der Waals surface area contributed by atoms with Crippen LogP contribution < -0.4 is 11.1 Å². The lowest BCUT2D eigenvalue weighted by Gasteiger charge is -2.34. The molecule has 1 heterocycles. The number of urea groups is 1. The van der Waals surface area contributed by atoms with Crippen LogP contribution in [0.25, 0.3) is 0 Å². The van der Waals surface area contributed by atoms with Gasteiger partial charge in [-0.2, -0.15) is 0 Å². The van der Waals surface area contributed by atoms with Crippen molar-refractivity contribution in [1.82, 2.24) is 15.1 Å². The third kappa shape index (κ3) is 9.54. The van der Waals surface area contributed by atoms with E-state index in [0.29, 0.717) is 0 Å². The van der Waals surface area contributed by atoms with Crippen molar-refractivity contribution in [3.05, 3.63) is 71.3 Å². The molecule has 0 unspecified atom stereocenters. The van der Waals surface area contributed by atoms with E-state index in [2.05, 4.69) is 10.2 Å². The van der Waals surface area contributed by atoms with Crippen LogP contribution in [0.4, 0.5) is 13.6 Å². The number of imide groups is 1. The van der Waals surface area contributed by atoms with Crippen molar-refractivity contribution in [1.29, 1.82) is 0 Å². The van der Waals surface area contributed by atoms with E-state index in [0.717, 1.165) is 63.1 Å². The molecule has 2 aromatic rings. The molecule has 34 heavy (non-hydrogen) atoms. The van der Waals surface area contributed by atoms with Crippen molar-refractivity contribution in [2.45, 2.75) is 25.2 Å². The third-order valence-corrected chi connectivity index (χ3v) is 5.86. The first kappa shape index (κ1) is 29.8. The number of benzene rings is 2. The van der Waals surface area contributed by atoms with Gasteiger partial charge in [0, 0.05) is 32.1 Å². The van der Waals surface area contributed by atoms with Crippen molar-refractivity contribution < 1.29 is 18.4 Å². The normalized spacial score (nSPS) is 14.2. The van der Waals surface area contributed by atoms with Gasteiger partial charge >= 0.3 is 6.03 Å². The Hall–Kier alpha value is -2.26. The zero-order chi connectivity index (χ0) is 22.9. The van der Waals surface area contributed by atoms with E-state index < -0.39 is 6.03 Å². The average Bonchev–Trinajstić information content (AvgIpc) is 2.76. The molecule has 1 saturated heterocycles. The summed E-state index contributed by atoms with van der Waals surface area (Å²) in [7, 11) is 0. The minimum absolute atomic E-state index is 0. The second-order valence-electron chi connectivity index (χ2n) is 8.18. The third-order valence-electron chi connectivity index (χ3n) is 5.86. The fourth-order valence-corrected chi connectivity index (χ4v) is 4.15. The van der Waals surface area contributed by atoms with Gasteiger partial charge in [0.1, 0.15) is 11.6 Å². The van der Waals surface area contributed by atoms with Crippen LogP contribution in [0.3, 0.4) is 0 Å². The molecule has 0 saturated carbocycles. The molecule has 6 nitrogen and oxygen atoms in total. The highest BCUT2D eigenvalue weighted by Crippen LogP contribution is 2.30. The van der Waals surface area contributed by atoms with Crippen LogP contribution in [0.2, 0.25) is 0 Å². The van der Waals surface area contributed by atoms with Crippen molar-refractivity contribution in [2.75, 3.05) is 39.3 Å². The van der Waals surface area contributed by atoms with Crippen LogP contribution in [-0.4, -0.2) is 61.0 Å². The highest BCUT2D eigenvalue weighted by atomic mass is 35.5. The summed E-state index contributed by atoms with van der Waals surface area (Å²) in [5, 5.41) is 2.09. The fraction of sp³-hybridized carbons (Fsp3) is 0.417. The standard InChI is InChI=1S/C24H30F2N4O2.2ClH/c25-20-8-4-18(5-9-20)22(19-6-10-21(26)11-7-19)3-1-2-12-29-13-15-30(16-14-29)17-23(31)28-24(27)32;;/h4-11,22H,1-3,12-17H2,(H3,27,28,31,32);2*1H. The summed E-state index contributed by atoms with van der Waals surface area (Å²) < 4.78 is 26.7. The Kier molecular flexibility index (Phi) is 13.0. The van der Waals surface area contributed by atoms with E-state index in [4.69, 9.17) is 5.73 Å². The van der Waals surface area contributed by atoms with Gasteiger partial charge in [-0.1, -0.05) is 30.7 Å². The van der Waals surface area contributed by atoms with Gasteiger partial charge in [-0.15, -0.1) is 24.8 Å². The molecule has 3 rings (SSSR count). The monoisotopic (exact) mass is 516 g/mol. The lowest BCUT2D eigenvalue weighted by Crippen LogP contribution is -2.50. The average molecular weight is 517 g/mol. The van der Waals surface area contributed by atoms with Gasteiger partial charge in [0.15, 0.2) is 0 Å². The predicted octanol–water partition coefficient (Wildman–Crippen LogP) is 3.92. The van der Waals surface area contributed by atoms with Crippen LogP contribution in [0, 0.1) is 11.6 Å². The molecule has 0 aromatic heterocycles. The first-order valence-corrected chi connectivity index (χ1v) is 11.0. The van der Waals surface area contributed by atoms with Gasteiger partial charge in [0.25, 0.3) is 0 Å². The van der Waals surface area contributed by atoms with E-state index in [9.17, 15) is 18.4 Å². The lowest BCUT2D eigenvalue weighted by molar-refractivity contribution is -0.121. The molecular formula is C24H32Cl2F2N4O2. The van der Waals surface area contributed by atoms with E-state index >= 15 is 0 Å². The van der Waals surface area contributed by atoms with E-state index in [-0.39, 0.29) is 54.8 Å². The number of rotatable bonds is 9. The van der Waals surface area contributed by atoms with Crippen LogP contribution in [0.1, 0.15) is 36.3 Å². The fourth-order valence-electron chi connectivity index (χ4n) is 4.15.